The number of nitrogen functional groups attached to an aromatic ring is 1. The lowest BCUT2D eigenvalue weighted by Crippen LogP contribution is -2.37. The molecule has 23 heavy (non-hydrogen) atoms. The molecule has 3 rings (SSSR count). The highest BCUT2D eigenvalue weighted by Gasteiger charge is 2.22. The van der Waals surface area contributed by atoms with Gasteiger partial charge in [0.05, 0.1) is 5.69 Å². The standard InChI is InChI=1S/C16H23N7/c1-11-8-15(20-16(17)19-11)23-7-3-4-12(10-23)9-13-5-6-14(18-2)22-21-13/h5-6,8,12H,3-4,7,9-10H2,1-2H3,(H,18,22)(H2,17,19,20)/t12-/m0/s1. The Morgan fingerprint density at radius 3 is 2.87 bits per heavy atom. The summed E-state index contributed by atoms with van der Waals surface area (Å²) < 4.78 is 0. The largest absolute Gasteiger partial charge is 0.372 e. The third kappa shape index (κ3) is 3.85. The van der Waals surface area contributed by atoms with Gasteiger partial charge in [0, 0.05) is 31.9 Å². The summed E-state index contributed by atoms with van der Waals surface area (Å²) in [4.78, 5) is 10.8. The lowest BCUT2D eigenvalue weighted by atomic mass is 9.93. The van der Waals surface area contributed by atoms with Crippen LogP contribution in [0.4, 0.5) is 17.6 Å². The monoisotopic (exact) mass is 313 g/mol. The molecule has 2 aromatic heterocycles. The van der Waals surface area contributed by atoms with Gasteiger partial charge in [0.15, 0.2) is 0 Å². The Hall–Kier alpha value is -2.44. The van der Waals surface area contributed by atoms with Crippen molar-refractivity contribution in [3.8, 4) is 0 Å². The van der Waals surface area contributed by atoms with E-state index < -0.39 is 0 Å². The summed E-state index contributed by atoms with van der Waals surface area (Å²) in [6.07, 6.45) is 3.29. The van der Waals surface area contributed by atoms with Gasteiger partial charge >= 0.3 is 0 Å². The smallest absolute Gasteiger partial charge is 0.222 e. The lowest BCUT2D eigenvalue weighted by molar-refractivity contribution is 0.407. The van der Waals surface area contributed by atoms with Gasteiger partial charge in [-0.2, -0.15) is 10.1 Å². The van der Waals surface area contributed by atoms with Gasteiger partial charge in [-0.05, 0) is 44.2 Å². The molecule has 0 aliphatic carbocycles. The predicted molar refractivity (Wildman–Crippen MR) is 91.4 cm³/mol. The fourth-order valence-corrected chi connectivity index (χ4v) is 3.07. The number of aromatic nitrogens is 4. The van der Waals surface area contributed by atoms with Crippen LogP contribution in [0.3, 0.4) is 0 Å². The van der Waals surface area contributed by atoms with Gasteiger partial charge in [0.25, 0.3) is 0 Å². The first kappa shape index (κ1) is 15.5. The first-order valence-corrected chi connectivity index (χ1v) is 8.00. The van der Waals surface area contributed by atoms with Crippen LogP contribution in [0, 0.1) is 12.8 Å². The van der Waals surface area contributed by atoms with E-state index in [1.165, 1.54) is 6.42 Å². The molecule has 1 aliphatic heterocycles. The minimum atomic E-state index is 0.343. The van der Waals surface area contributed by atoms with Crippen LogP contribution in [0.2, 0.25) is 0 Å². The molecule has 2 aromatic rings. The summed E-state index contributed by atoms with van der Waals surface area (Å²) in [5.74, 6) is 2.62. The van der Waals surface area contributed by atoms with E-state index in [0.717, 1.165) is 49.0 Å². The van der Waals surface area contributed by atoms with Crippen LogP contribution in [0.15, 0.2) is 18.2 Å². The third-order valence-corrected chi connectivity index (χ3v) is 4.17. The highest BCUT2D eigenvalue weighted by molar-refractivity contribution is 5.43. The molecule has 7 heteroatoms. The van der Waals surface area contributed by atoms with E-state index in [1.807, 2.05) is 32.2 Å². The summed E-state index contributed by atoms with van der Waals surface area (Å²) in [6.45, 7) is 3.92. The van der Waals surface area contributed by atoms with Crippen molar-refractivity contribution < 1.29 is 0 Å². The van der Waals surface area contributed by atoms with Gasteiger partial charge in [-0.1, -0.05) is 0 Å². The molecule has 0 saturated carbocycles. The maximum Gasteiger partial charge on any atom is 0.222 e. The van der Waals surface area contributed by atoms with Crippen molar-refractivity contribution in [1.29, 1.82) is 0 Å². The fraction of sp³-hybridized carbons (Fsp3) is 0.500. The average Bonchev–Trinajstić information content (AvgIpc) is 2.55. The van der Waals surface area contributed by atoms with Crippen LogP contribution in [-0.4, -0.2) is 40.3 Å². The molecule has 0 bridgehead atoms. The number of hydrogen-bond donors (Lipinski definition) is 2. The normalized spacial score (nSPS) is 18.0. The minimum Gasteiger partial charge on any atom is -0.372 e. The summed E-state index contributed by atoms with van der Waals surface area (Å²) in [5.41, 5.74) is 7.72. The predicted octanol–water partition coefficient (Wildman–Crippen LogP) is 1.66. The van der Waals surface area contributed by atoms with Gasteiger partial charge in [0.2, 0.25) is 5.95 Å². The molecule has 1 saturated heterocycles. The van der Waals surface area contributed by atoms with E-state index in [0.29, 0.717) is 11.9 Å². The van der Waals surface area contributed by atoms with Gasteiger partial charge in [-0.25, -0.2) is 4.98 Å². The van der Waals surface area contributed by atoms with Crippen molar-refractivity contribution >= 4 is 17.6 Å². The van der Waals surface area contributed by atoms with Crippen LogP contribution in [0.5, 0.6) is 0 Å². The number of aryl methyl sites for hydroxylation is 1. The van der Waals surface area contributed by atoms with Crippen molar-refractivity contribution in [2.45, 2.75) is 26.2 Å². The van der Waals surface area contributed by atoms with Crippen molar-refractivity contribution in [3.05, 3.63) is 29.6 Å². The zero-order valence-corrected chi connectivity index (χ0v) is 13.7. The van der Waals surface area contributed by atoms with E-state index in [1.54, 1.807) is 0 Å². The van der Waals surface area contributed by atoms with Crippen molar-refractivity contribution in [2.24, 2.45) is 5.92 Å². The first-order chi connectivity index (χ1) is 11.1. The zero-order chi connectivity index (χ0) is 16.2. The molecular formula is C16H23N7. The molecule has 1 atom stereocenters. The number of piperidine rings is 1. The molecule has 0 amide bonds. The zero-order valence-electron chi connectivity index (χ0n) is 13.7. The van der Waals surface area contributed by atoms with Gasteiger partial charge < -0.3 is 16.0 Å². The topological polar surface area (TPSA) is 92.8 Å². The Balaban J connectivity index is 1.67. The molecule has 1 fully saturated rings. The first-order valence-electron chi connectivity index (χ1n) is 8.00. The maximum atomic E-state index is 5.78. The second kappa shape index (κ2) is 6.76. The van der Waals surface area contributed by atoms with Crippen LogP contribution in [0.1, 0.15) is 24.2 Å². The third-order valence-electron chi connectivity index (χ3n) is 4.17. The van der Waals surface area contributed by atoms with E-state index in [4.69, 9.17) is 5.73 Å². The number of anilines is 3. The van der Waals surface area contributed by atoms with Crippen molar-refractivity contribution in [1.82, 2.24) is 20.2 Å². The van der Waals surface area contributed by atoms with Crippen molar-refractivity contribution in [3.63, 3.8) is 0 Å². The molecule has 0 aromatic carbocycles. The highest BCUT2D eigenvalue weighted by atomic mass is 15.2. The SMILES string of the molecule is CNc1ccc(C[C@@H]2CCCN(c3cc(C)nc(N)n3)C2)nn1. The summed E-state index contributed by atoms with van der Waals surface area (Å²) >= 11 is 0. The number of hydrogen-bond acceptors (Lipinski definition) is 7. The van der Waals surface area contributed by atoms with Gasteiger partial charge in [-0.15, -0.1) is 5.10 Å². The highest BCUT2D eigenvalue weighted by Crippen LogP contribution is 2.24. The Morgan fingerprint density at radius 2 is 2.17 bits per heavy atom. The second-order valence-electron chi connectivity index (χ2n) is 6.04. The average molecular weight is 313 g/mol. The van der Waals surface area contributed by atoms with E-state index in [9.17, 15) is 0 Å². The summed E-state index contributed by atoms with van der Waals surface area (Å²) in [7, 11) is 1.85. The van der Waals surface area contributed by atoms with Crippen molar-refractivity contribution in [2.75, 3.05) is 36.1 Å². The summed E-state index contributed by atoms with van der Waals surface area (Å²) in [6, 6.07) is 6.02. The van der Waals surface area contributed by atoms with Crippen LogP contribution in [0.25, 0.3) is 0 Å². The molecule has 122 valence electrons. The molecule has 3 heterocycles. The minimum absolute atomic E-state index is 0.343. The van der Waals surface area contributed by atoms with E-state index in [2.05, 4.69) is 30.4 Å². The maximum absolute atomic E-state index is 5.78. The molecular weight excluding hydrogens is 290 g/mol. The van der Waals surface area contributed by atoms with Crippen LogP contribution >= 0.6 is 0 Å². The molecule has 7 nitrogen and oxygen atoms in total. The number of rotatable bonds is 4. The molecule has 0 spiro atoms. The molecule has 1 aliphatic rings. The molecule has 3 N–H and O–H groups in total. The van der Waals surface area contributed by atoms with Crippen LogP contribution < -0.4 is 16.0 Å². The molecule has 0 radical (unpaired) electrons. The van der Waals surface area contributed by atoms with E-state index >= 15 is 0 Å². The van der Waals surface area contributed by atoms with Gasteiger partial charge in [-0.3, -0.25) is 0 Å². The van der Waals surface area contributed by atoms with Gasteiger partial charge in [0.1, 0.15) is 11.6 Å². The Labute approximate surface area is 136 Å². The summed E-state index contributed by atoms with van der Waals surface area (Å²) in [5, 5.41) is 11.4. The Bertz CT molecular complexity index is 636. The quantitative estimate of drug-likeness (QED) is 0.886. The fourth-order valence-electron chi connectivity index (χ4n) is 3.07. The van der Waals surface area contributed by atoms with Crippen LogP contribution in [-0.2, 0) is 6.42 Å². The number of nitrogens with zero attached hydrogens (tertiary/aromatic N) is 5. The lowest BCUT2D eigenvalue weighted by Gasteiger charge is -2.33. The Kier molecular flexibility index (Phi) is 4.55. The number of nitrogens with two attached hydrogens (primary N) is 1. The Morgan fingerprint density at radius 1 is 1.30 bits per heavy atom. The molecule has 0 unspecified atom stereocenters. The number of nitrogens with one attached hydrogen (secondary N) is 1. The second-order valence-corrected chi connectivity index (χ2v) is 6.04. The van der Waals surface area contributed by atoms with E-state index in [-0.39, 0.29) is 0 Å².